The monoisotopic (exact) mass is 930 g/mol. The van der Waals surface area contributed by atoms with E-state index in [-0.39, 0.29) is 44.7 Å². The molecule has 3 heteroatoms. The van der Waals surface area contributed by atoms with E-state index in [1.54, 1.807) is 12.1 Å². The Morgan fingerprint density at radius 3 is 1.34 bits per heavy atom. The second-order valence-electron chi connectivity index (χ2n) is 20.3. The largest absolute Gasteiger partial charge is 1.00 e. The van der Waals surface area contributed by atoms with Crippen molar-refractivity contribution in [2.45, 2.75) is 102 Å². The SMILES string of the molecule is CC1C=C(C2(C)CCCCC2)C=[C]1[Zr+2](=[C](c1ccccc1)c1ccccc1)[CH]1c2cc(-c3ccccc3)c(C(C)(C)C)cc2-c2cc(C(C)(C)C)c(-c3ccccc3)cc21.[Cl-].[Cl-]. The van der Waals surface area contributed by atoms with Crippen LogP contribution in [0.5, 0.6) is 0 Å². The number of rotatable bonds is 7. The smallest absolute Gasteiger partial charge is 1.00 e. The average molecular weight is 933 g/mol. The maximum Gasteiger partial charge on any atom is -1.00 e. The Morgan fingerprint density at radius 2 is 0.935 bits per heavy atom. The van der Waals surface area contributed by atoms with Gasteiger partial charge in [-0.15, -0.1) is 0 Å². The molecule has 0 amide bonds. The Hall–Kier alpha value is -3.87. The molecule has 1 atom stereocenters. The molecule has 6 aromatic carbocycles. The van der Waals surface area contributed by atoms with Gasteiger partial charge in [0.2, 0.25) is 0 Å². The summed E-state index contributed by atoms with van der Waals surface area (Å²) in [5, 5.41) is 0. The second kappa shape index (κ2) is 18.3. The average Bonchev–Trinajstić information content (AvgIpc) is 3.80. The van der Waals surface area contributed by atoms with Crippen molar-refractivity contribution < 1.29 is 46.1 Å². The minimum Gasteiger partial charge on any atom is -1.00 e. The number of allylic oxidation sites excluding steroid dienone is 4. The molecule has 0 heterocycles. The standard InChI is InChI=1S/C33H33.C13H19.C13H10.2ClH.Zr/c1-32(2,3)30-20-26-24(18-28(30)22-13-9-7-10-14-22)17-25-19-29(23-15-11-8-12-16-23)31(21-27(25)26)33(4,5)6;1-11-6-7-12(10-11)13(2)8-4-3-5-9-13;1-3-7-12(8-4-1)11-13-9-5-2-6-10-13;;;/h7-21H,1-6H3;7,10-11H,3-5,8-9H2,1-2H3;1-10H;2*1H;/q;;;;;+2/p-2. The molecule has 3 aliphatic rings. The third-order valence-corrected chi connectivity index (χ3v) is 22.7. The predicted octanol–water partition coefficient (Wildman–Crippen LogP) is 10.0. The summed E-state index contributed by atoms with van der Waals surface area (Å²) in [6.45, 7) is 19.5. The summed E-state index contributed by atoms with van der Waals surface area (Å²) < 4.78 is 3.64. The van der Waals surface area contributed by atoms with Crippen LogP contribution in [0.25, 0.3) is 33.4 Å². The van der Waals surface area contributed by atoms with Crippen LogP contribution in [0.15, 0.2) is 167 Å². The van der Waals surface area contributed by atoms with Gasteiger partial charge in [0.15, 0.2) is 0 Å². The fourth-order valence-corrected chi connectivity index (χ4v) is 20.2. The first-order valence-electron chi connectivity index (χ1n) is 22.6. The van der Waals surface area contributed by atoms with Crippen molar-refractivity contribution in [1.82, 2.24) is 0 Å². The van der Waals surface area contributed by atoms with Crippen LogP contribution in [-0.2, 0) is 32.1 Å². The van der Waals surface area contributed by atoms with Gasteiger partial charge >= 0.3 is 371 Å². The minimum absolute atomic E-state index is 0. The van der Waals surface area contributed by atoms with E-state index in [4.69, 9.17) is 0 Å². The van der Waals surface area contributed by atoms with Crippen LogP contribution in [0.1, 0.15) is 125 Å². The van der Waals surface area contributed by atoms with E-state index in [2.05, 4.69) is 213 Å². The van der Waals surface area contributed by atoms with Gasteiger partial charge in [-0.2, -0.15) is 0 Å². The molecule has 1 fully saturated rings. The van der Waals surface area contributed by atoms with Crippen LogP contribution >= 0.6 is 0 Å². The molecule has 0 aromatic heterocycles. The molecule has 1 unspecified atom stereocenters. The fraction of sp³-hybridized carbons (Fsp3) is 0.305. The Bertz CT molecular complexity index is 2480. The maximum atomic E-state index is 2.79. The molecule has 316 valence electrons. The zero-order chi connectivity index (χ0) is 41.8. The van der Waals surface area contributed by atoms with Gasteiger partial charge in [-0.05, 0) is 0 Å². The van der Waals surface area contributed by atoms with Crippen molar-refractivity contribution in [3.05, 3.63) is 200 Å². The number of halogens is 2. The number of fused-ring (bicyclic) bond motifs is 3. The Labute approximate surface area is 393 Å². The van der Waals surface area contributed by atoms with E-state index in [1.165, 1.54) is 98.9 Å². The summed E-state index contributed by atoms with van der Waals surface area (Å²) in [4.78, 5) is 0. The van der Waals surface area contributed by atoms with Crippen LogP contribution in [0.2, 0.25) is 0 Å². The van der Waals surface area contributed by atoms with Gasteiger partial charge in [-0.1, -0.05) is 0 Å². The molecule has 0 aliphatic heterocycles. The predicted molar refractivity (Wildman–Crippen MR) is 255 cm³/mol. The summed E-state index contributed by atoms with van der Waals surface area (Å²) in [6, 6.07) is 56.2. The van der Waals surface area contributed by atoms with Gasteiger partial charge in [0, 0.05) is 0 Å². The molecular weight excluding hydrogens is 871 g/mol. The number of benzene rings is 6. The summed E-state index contributed by atoms with van der Waals surface area (Å²) in [7, 11) is 0. The van der Waals surface area contributed by atoms with Crippen molar-refractivity contribution in [2.75, 3.05) is 0 Å². The summed E-state index contributed by atoms with van der Waals surface area (Å²) in [5.74, 6) is 0.396. The molecule has 6 aromatic rings. The van der Waals surface area contributed by atoms with Crippen LogP contribution in [-0.4, -0.2) is 3.21 Å². The molecule has 0 bridgehead atoms. The molecule has 0 radical (unpaired) electrons. The first kappa shape index (κ1) is 46.1. The summed E-state index contributed by atoms with van der Waals surface area (Å²) >= 11 is -3.12. The van der Waals surface area contributed by atoms with E-state index < -0.39 is 21.3 Å². The number of hydrogen-bond acceptors (Lipinski definition) is 0. The molecule has 0 saturated heterocycles. The topological polar surface area (TPSA) is 0 Å². The van der Waals surface area contributed by atoms with E-state index in [0.717, 1.165) is 0 Å². The normalized spacial score (nSPS) is 16.7. The molecular formula is C59H62Cl2Zr. The zero-order valence-electron chi connectivity index (χ0n) is 38.0. The molecule has 0 spiro atoms. The van der Waals surface area contributed by atoms with Gasteiger partial charge in [-0.25, -0.2) is 0 Å². The fourth-order valence-electron chi connectivity index (χ4n) is 10.8. The third kappa shape index (κ3) is 8.69. The third-order valence-electron chi connectivity index (χ3n) is 14.0. The van der Waals surface area contributed by atoms with E-state index in [9.17, 15) is 0 Å². The van der Waals surface area contributed by atoms with Crippen molar-refractivity contribution in [2.24, 2.45) is 11.3 Å². The Kier molecular flexibility index (Phi) is 13.6. The van der Waals surface area contributed by atoms with E-state index in [1.807, 2.05) is 0 Å². The van der Waals surface area contributed by atoms with Crippen molar-refractivity contribution in [1.29, 1.82) is 0 Å². The molecule has 0 nitrogen and oxygen atoms in total. The van der Waals surface area contributed by atoms with Crippen LogP contribution < -0.4 is 24.8 Å². The maximum absolute atomic E-state index is 3.12. The van der Waals surface area contributed by atoms with Crippen molar-refractivity contribution in [3.8, 4) is 33.4 Å². The van der Waals surface area contributed by atoms with Gasteiger partial charge in [0.1, 0.15) is 0 Å². The van der Waals surface area contributed by atoms with Gasteiger partial charge < -0.3 is 24.8 Å². The Morgan fingerprint density at radius 1 is 0.532 bits per heavy atom. The van der Waals surface area contributed by atoms with Crippen LogP contribution in [0.3, 0.4) is 0 Å². The molecule has 9 rings (SSSR count). The molecule has 3 aliphatic carbocycles. The van der Waals surface area contributed by atoms with Gasteiger partial charge in [-0.3, -0.25) is 0 Å². The molecule has 62 heavy (non-hydrogen) atoms. The summed E-state index contributed by atoms with van der Waals surface area (Å²) in [6.07, 6.45) is 12.1. The van der Waals surface area contributed by atoms with Crippen molar-refractivity contribution >= 4 is 3.21 Å². The first-order valence-corrected chi connectivity index (χ1v) is 26.5. The van der Waals surface area contributed by atoms with E-state index in [0.29, 0.717) is 5.92 Å². The first-order chi connectivity index (χ1) is 28.8. The molecule has 1 saturated carbocycles. The van der Waals surface area contributed by atoms with E-state index >= 15 is 0 Å². The van der Waals surface area contributed by atoms with Crippen molar-refractivity contribution in [3.63, 3.8) is 0 Å². The molecule has 0 N–H and O–H groups in total. The number of hydrogen-bond donors (Lipinski definition) is 0. The van der Waals surface area contributed by atoms with Crippen LogP contribution in [0, 0.1) is 11.3 Å². The Balaban J connectivity index is 0.00000289. The second-order valence-corrected chi connectivity index (χ2v) is 26.4. The quantitative estimate of drug-likeness (QED) is 0.150. The van der Waals surface area contributed by atoms with Gasteiger partial charge in [0.25, 0.3) is 0 Å². The minimum atomic E-state index is -3.12. The zero-order valence-corrected chi connectivity index (χ0v) is 41.9. The summed E-state index contributed by atoms with van der Waals surface area (Å²) in [5.41, 5.74) is 18.7. The van der Waals surface area contributed by atoms with Crippen LogP contribution in [0.4, 0.5) is 0 Å². The van der Waals surface area contributed by atoms with Gasteiger partial charge in [0.05, 0.1) is 0 Å².